The van der Waals surface area contributed by atoms with Gasteiger partial charge in [-0.1, -0.05) is 120 Å². The number of rotatable bonds is 24. The number of likely N-dealkylation sites (N-methyl/N-ethyl adjacent to an activating group) is 1. The Morgan fingerprint density at radius 2 is 1.03 bits per heavy atom. The number of nitrogens with zero attached hydrogens (tertiary/aromatic N) is 1. The number of aryl methyl sites for hydroxylation is 2. The predicted octanol–water partition coefficient (Wildman–Crippen LogP) is 7.99. The molecule has 0 aliphatic carbocycles. The first-order valence-electron chi connectivity index (χ1n) is 14.6. The van der Waals surface area contributed by atoms with Crippen LogP contribution in [0.5, 0.6) is 0 Å². The lowest BCUT2D eigenvalue weighted by Crippen LogP contribution is -2.37. The van der Waals surface area contributed by atoms with Crippen molar-refractivity contribution in [1.82, 2.24) is 0 Å². The Morgan fingerprint density at radius 3 is 1.47 bits per heavy atom. The van der Waals surface area contributed by atoms with Crippen molar-refractivity contribution in [3.63, 3.8) is 0 Å². The lowest BCUT2D eigenvalue weighted by atomic mass is 10.0. The molecule has 1 unspecified atom stereocenters. The molecule has 0 N–H and O–H groups in total. The molecule has 0 amide bonds. The van der Waals surface area contributed by atoms with Crippen molar-refractivity contribution in [2.24, 2.45) is 0 Å². The molecule has 0 aromatic heterocycles. The monoisotopic (exact) mass is 525 g/mol. The van der Waals surface area contributed by atoms with E-state index in [2.05, 4.69) is 31.2 Å². The van der Waals surface area contributed by atoms with Gasteiger partial charge in [-0.3, -0.25) is 4.57 Å². The number of hydrogen-bond acceptors (Lipinski definition) is 4. The SMILES string of the molecule is Cc1ccc(CCCCCCCCCCCCCCCCCCOP(=O)([O-])OCC[N+](C)(C)C)cc1. The molecule has 0 bridgehead atoms. The number of phosphoric ester groups is 1. The maximum atomic E-state index is 11.7. The van der Waals surface area contributed by atoms with Crippen LogP contribution in [0.1, 0.15) is 114 Å². The Bertz CT molecular complexity index is 687. The van der Waals surface area contributed by atoms with Gasteiger partial charge in [0.2, 0.25) is 0 Å². The van der Waals surface area contributed by atoms with Gasteiger partial charge in [-0.25, -0.2) is 0 Å². The molecule has 0 radical (unpaired) electrons. The lowest BCUT2D eigenvalue weighted by Gasteiger charge is -2.27. The molecule has 0 aliphatic rings. The van der Waals surface area contributed by atoms with E-state index >= 15 is 0 Å². The van der Waals surface area contributed by atoms with Gasteiger partial charge in [0.15, 0.2) is 0 Å². The molecule has 0 fully saturated rings. The Balaban J connectivity index is 1.76. The summed E-state index contributed by atoms with van der Waals surface area (Å²) in [4.78, 5) is 11.7. The molecule has 0 saturated carbocycles. The van der Waals surface area contributed by atoms with Crippen molar-refractivity contribution in [3.8, 4) is 0 Å². The third-order valence-electron chi connectivity index (χ3n) is 6.74. The fourth-order valence-corrected chi connectivity index (χ4v) is 5.03. The summed E-state index contributed by atoms with van der Waals surface area (Å²) in [6, 6.07) is 8.99. The van der Waals surface area contributed by atoms with Gasteiger partial charge in [0, 0.05) is 0 Å². The molecule has 1 aromatic carbocycles. The maximum Gasteiger partial charge on any atom is 0.268 e. The second-order valence-electron chi connectivity index (χ2n) is 11.5. The summed E-state index contributed by atoms with van der Waals surface area (Å²) < 4.78 is 22.3. The minimum atomic E-state index is -4.14. The largest absolute Gasteiger partial charge is 0.756 e. The first kappa shape index (κ1) is 33.3. The first-order chi connectivity index (χ1) is 17.2. The number of unbranched alkanes of at least 4 members (excludes halogenated alkanes) is 15. The zero-order valence-electron chi connectivity index (χ0n) is 24.0. The second kappa shape index (κ2) is 20.3. The molecule has 0 aliphatic heterocycles. The zero-order valence-corrected chi connectivity index (χ0v) is 24.9. The van der Waals surface area contributed by atoms with Gasteiger partial charge < -0.3 is 18.4 Å². The fraction of sp³-hybridized carbons (Fsp3) is 0.800. The molecular formula is C30H56NO4P. The highest BCUT2D eigenvalue weighted by atomic mass is 31.2. The number of hydrogen-bond donors (Lipinski definition) is 0. The average molecular weight is 526 g/mol. The van der Waals surface area contributed by atoms with Crippen molar-refractivity contribution < 1.29 is 23.0 Å². The van der Waals surface area contributed by atoms with E-state index < -0.39 is 7.82 Å². The number of benzene rings is 1. The number of phosphoric acid groups is 1. The van der Waals surface area contributed by atoms with E-state index in [-0.39, 0.29) is 13.2 Å². The van der Waals surface area contributed by atoms with Crippen LogP contribution in [-0.2, 0) is 20.0 Å². The summed E-state index contributed by atoms with van der Waals surface area (Å²) in [5.74, 6) is 0. The summed E-state index contributed by atoms with van der Waals surface area (Å²) in [6.07, 6.45) is 21.8. The van der Waals surface area contributed by atoms with Crippen LogP contribution in [-0.4, -0.2) is 45.4 Å². The molecule has 1 atom stereocenters. The highest BCUT2D eigenvalue weighted by Gasteiger charge is 2.12. The van der Waals surface area contributed by atoms with Crippen LogP contribution in [0, 0.1) is 6.92 Å². The lowest BCUT2D eigenvalue weighted by molar-refractivity contribution is -0.870. The summed E-state index contributed by atoms with van der Waals surface area (Å²) >= 11 is 0. The molecular weight excluding hydrogens is 469 g/mol. The maximum absolute atomic E-state index is 11.7. The molecule has 1 rings (SSSR count). The van der Waals surface area contributed by atoms with Gasteiger partial charge >= 0.3 is 0 Å². The average Bonchev–Trinajstić information content (AvgIpc) is 2.80. The van der Waals surface area contributed by atoms with Crippen LogP contribution in [0.2, 0.25) is 0 Å². The fourth-order valence-electron chi connectivity index (χ4n) is 4.30. The van der Waals surface area contributed by atoms with E-state index in [1.54, 1.807) is 0 Å². The van der Waals surface area contributed by atoms with E-state index in [1.165, 1.54) is 101 Å². The van der Waals surface area contributed by atoms with Crippen LogP contribution < -0.4 is 4.89 Å². The second-order valence-corrected chi connectivity index (χ2v) is 12.9. The summed E-state index contributed by atoms with van der Waals surface area (Å²) in [5, 5.41) is 0. The van der Waals surface area contributed by atoms with E-state index in [4.69, 9.17) is 9.05 Å². The van der Waals surface area contributed by atoms with Gasteiger partial charge in [-0.2, -0.15) is 0 Å². The molecule has 0 spiro atoms. The smallest absolute Gasteiger partial charge is 0.268 e. The Morgan fingerprint density at radius 1 is 0.639 bits per heavy atom. The molecule has 210 valence electrons. The van der Waals surface area contributed by atoms with Crippen LogP contribution in [0.15, 0.2) is 24.3 Å². The Kier molecular flexibility index (Phi) is 18.8. The van der Waals surface area contributed by atoms with E-state index in [0.717, 1.165) is 19.3 Å². The molecule has 36 heavy (non-hydrogen) atoms. The van der Waals surface area contributed by atoms with Crippen LogP contribution in [0.3, 0.4) is 0 Å². The molecule has 0 heterocycles. The molecule has 0 saturated heterocycles. The van der Waals surface area contributed by atoms with Gasteiger partial charge in [-0.15, -0.1) is 0 Å². The van der Waals surface area contributed by atoms with Crippen molar-refractivity contribution >= 4 is 7.82 Å². The van der Waals surface area contributed by atoms with Gasteiger partial charge in [-0.05, 0) is 31.7 Å². The zero-order chi connectivity index (χ0) is 26.5. The third-order valence-corrected chi connectivity index (χ3v) is 7.74. The first-order valence-corrected chi connectivity index (χ1v) is 16.1. The van der Waals surface area contributed by atoms with Gasteiger partial charge in [0.25, 0.3) is 7.82 Å². The third kappa shape index (κ3) is 21.4. The Hall–Kier alpha value is -0.710. The molecule has 6 heteroatoms. The van der Waals surface area contributed by atoms with Crippen LogP contribution in [0.4, 0.5) is 0 Å². The highest BCUT2D eigenvalue weighted by Crippen LogP contribution is 2.38. The van der Waals surface area contributed by atoms with Crippen molar-refractivity contribution in [3.05, 3.63) is 35.4 Å². The van der Waals surface area contributed by atoms with Crippen molar-refractivity contribution in [1.29, 1.82) is 0 Å². The van der Waals surface area contributed by atoms with Crippen LogP contribution in [0.25, 0.3) is 0 Å². The predicted molar refractivity (Wildman–Crippen MR) is 151 cm³/mol. The van der Waals surface area contributed by atoms with Gasteiger partial charge in [0.05, 0.1) is 27.7 Å². The minimum Gasteiger partial charge on any atom is -0.756 e. The summed E-state index contributed by atoms with van der Waals surface area (Å²) in [7, 11) is 1.85. The molecule has 1 aromatic rings. The Labute approximate surface area is 223 Å². The quantitative estimate of drug-likeness (QED) is 0.0780. The van der Waals surface area contributed by atoms with Gasteiger partial charge in [0.1, 0.15) is 13.2 Å². The highest BCUT2D eigenvalue weighted by molar-refractivity contribution is 7.45. The van der Waals surface area contributed by atoms with Crippen LogP contribution >= 0.6 is 7.82 Å². The number of quaternary nitrogens is 1. The van der Waals surface area contributed by atoms with Crippen molar-refractivity contribution in [2.45, 2.75) is 116 Å². The van der Waals surface area contributed by atoms with E-state index in [9.17, 15) is 9.46 Å². The summed E-state index contributed by atoms with van der Waals surface area (Å²) in [6.45, 7) is 3.18. The van der Waals surface area contributed by atoms with E-state index in [0.29, 0.717) is 11.0 Å². The topological polar surface area (TPSA) is 58.6 Å². The normalized spacial score (nSPS) is 13.7. The standard InChI is InChI=1S/C30H56NO4P/c1-29-22-24-30(25-23-29)21-19-17-15-13-11-9-7-5-6-8-10-12-14-16-18-20-27-34-36(32,33)35-28-26-31(2,3)4/h22-25H,5-21,26-28H2,1-4H3. The molecule has 5 nitrogen and oxygen atoms in total. The summed E-state index contributed by atoms with van der Waals surface area (Å²) in [5.41, 5.74) is 2.83. The van der Waals surface area contributed by atoms with Crippen molar-refractivity contribution in [2.75, 3.05) is 40.9 Å². The van der Waals surface area contributed by atoms with E-state index in [1.807, 2.05) is 21.1 Å². The minimum absolute atomic E-state index is 0.166.